The monoisotopic (exact) mass is 362 g/mol. The molecule has 1 aromatic carbocycles. The van der Waals surface area contributed by atoms with Crippen molar-refractivity contribution >= 4 is 31.9 Å². The summed E-state index contributed by atoms with van der Waals surface area (Å²) in [5.74, 6) is 1.45. The number of ether oxygens (including phenoxy) is 1. The average Bonchev–Trinajstić information content (AvgIpc) is 2.22. The second kappa shape index (κ2) is 6.24. The molecule has 0 fully saturated rings. The van der Waals surface area contributed by atoms with Gasteiger partial charge in [0.25, 0.3) is 0 Å². The molecule has 0 amide bonds. The second-order valence-electron chi connectivity index (χ2n) is 5.44. The van der Waals surface area contributed by atoms with Crippen molar-refractivity contribution in [2.45, 2.75) is 27.7 Å². The van der Waals surface area contributed by atoms with Crippen LogP contribution < -0.4 is 4.74 Å². The van der Waals surface area contributed by atoms with Crippen LogP contribution >= 0.6 is 31.9 Å². The summed E-state index contributed by atoms with van der Waals surface area (Å²) in [6, 6.07) is 6.11. The topological polar surface area (TPSA) is 9.23 Å². The molecule has 0 spiro atoms. The highest BCUT2D eigenvalue weighted by molar-refractivity contribution is 9.10. The lowest BCUT2D eigenvalue weighted by Crippen LogP contribution is -2.27. The van der Waals surface area contributed by atoms with E-state index in [1.165, 1.54) is 5.56 Å². The van der Waals surface area contributed by atoms with Crippen LogP contribution in [0.1, 0.15) is 26.3 Å². The highest BCUT2D eigenvalue weighted by atomic mass is 79.9. The van der Waals surface area contributed by atoms with Crippen molar-refractivity contribution in [1.29, 1.82) is 0 Å². The quantitative estimate of drug-likeness (QED) is 0.668. The Labute approximate surface area is 121 Å². The van der Waals surface area contributed by atoms with Crippen LogP contribution in [-0.4, -0.2) is 11.9 Å². The number of hydrogen-bond donors (Lipinski definition) is 0. The average molecular weight is 364 g/mol. The molecule has 0 aliphatic carbocycles. The molecule has 1 unspecified atom stereocenters. The summed E-state index contributed by atoms with van der Waals surface area (Å²) in [6.07, 6.45) is 0. The van der Waals surface area contributed by atoms with Crippen molar-refractivity contribution < 1.29 is 4.74 Å². The summed E-state index contributed by atoms with van der Waals surface area (Å²) < 4.78 is 6.99. The Morgan fingerprint density at radius 2 is 1.94 bits per heavy atom. The zero-order chi connectivity index (χ0) is 13.1. The molecule has 0 saturated heterocycles. The molecule has 0 aliphatic rings. The van der Waals surface area contributed by atoms with Gasteiger partial charge in [0.05, 0.1) is 6.61 Å². The van der Waals surface area contributed by atoms with Crippen LogP contribution in [0.2, 0.25) is 0 Å². The molecule has 0 bridgehead atoms. The third kappa shape index (κ3) is 4.63. The van der Waals surface area contributed by atoms with Crippen LogP contribution in [-0.2, 0) is 0 Å². The SMILES string of the molecule is Cc1cc(OCC(CBr)C(C)(C)C)ccc1Br. The van der Waals surface area contributed by atoms with Gasteiger partial charge >= 0.3 is 0 Å². The van der Waals surface area contributed by atoms with Gasteiger partial charge in [-0.25, -0.2) is 0 Å². The summed E-state index contributed by atoms with van der Waals surface area (Å²) in [7, 11) is 0. The number of halogens is 2. The predicted molar refractivity (Wildman–Crippen MR) is 81.1 cm³/mol. The third-order valence-electron chi connectivity index (χ3n) is 2.99. The highest BCUT2D eigenvalue weighted by Crippen LogP contribution is 2.29. The summed E-state index contributed by atoms with van der Waals surface area (Å²) in [6.45, 7) is 9.55. The van der Waals surface area contributed by atoms with Gasteiger partial charge in [0.15, 0.2) is 0 Å². The van der Waals surface area contributed by atoms with Crippen molar-refractivity contribution in [3.63, 3.8) is 0 Å². The summed E-state index contributed by atoms with van der Waals surface area (Å²) in [4.78, 5) is 0. The molecule has 3 heteroatoms. The molecular weight excluding hydrogens is 344 g/mol. The lowest BCUT2D eigenvalue weighted by atomic mass is 9.83. The van der Waals surface area contributed by atoms with Crippen molar-refractivity contribution in [3.05, 3.63) is 28.2 Å². The first-order valence-corrected chi connectivity index (χ1v) is 7.71. The minimum atomic E-state index is 0.258. The number of aryl methyl sites for hydroxylation is 1. The first-order chi connectivity index (χ1) is 7.84. The van der Waals surface area contributed by atoms with Crippen LogP contribution in [0, 0.1) is 18.3 Å². The van der Waals surface area contributed by atoms with E-state index in [4.69, 9.17) is 4.74 Å². The summed E-state index contributed by atoms with van der Waals surface area (Å²) >= 11 is 7.06. The molecule has 0 aromatic heterocycles. The first-order valence-electron chi connectivity index (χ1n) is 5.79. The molecule has 0 aliphatic heterocycles. The van der Waals surface area contributed by atoms with E-state index in [2.05, 4.69) is 65.6 Å². The van der Waals surface area contributed by atoms with E-state index in [9.17, 15) is 0 Å². The molecule has 1 atom stereocenters. The fourth-order valence-corrected chi connectivity index (χ4v) is 2.83. The molecular formula is C14H20Br2O. The standard InChI is InChI=1S/C14H20Br2O/c1-10-7-12(5-6-13(10)16)17-9-11(8-15)14(2,3)4/h5-7,11H,8-9H2,1-4H3. The third-order valence-corrected chi connectivity index (χ3v) is 4.66. The molecule has 0 heterocycles. The van der Waals surface area contributed by atoms with Crippen LogP contribution in [0.15, 0.2) is 22.7 Å². The van der Waals surface area contributed by atoms with E-state index < -0.39 is 0 Å². The predicted octanol–water partition coefficient (Wildman–Crippen LogP) is 5.19. The Morgan fingerprint density at radius 3 is 2.41 bits per heavy atom. The maximum absolute atomic E-state index is 5.87. The highest BCUT2D eigenvalue weighted by Gasteiger charge is 2.24. The van der Waals surface area contributed by atoms with Gasteiger partial charge in [-0.05, 0) is 36.1 Å². The lowest BCUT2D eigenvalue weighted by molar-refractivity contribution is 0.166. The van der Waals surface area contributed by atoms with Gasteiger partial charge in [-0.3, -0.25) is 0 Å². The normalized spacial score (nSPS) is 13.5. The number of benzene rings is 1. The van der Waals surface area contributed by atoms with Crippen LogP contribution in [0.25, 0.3) is 0 Å². The number of alkyl halides is 1. The van der Waals surface area contributed by atoms with Crippen molar-refractivity contribution in [1.82, 2.24) is 0 Å². The fraction of sp³-hybridized carbons (Fsp3) is 0.571. The van der Waals surface area contributed by atoms with Crippen molar-refractivity contribution in [3.8, 4) is 5.75 Å². The van der Waals surface area contributed by atoms with E-state index in [0.29, 0.717) is 5.92 Å². The van der Waals surface area contributed by atoms with Gasteiger partial charge in [-0.15, -0.1) is 0 Å². The van der Waals surface area contributed by atoms with Gasteiger partial charge in [-0.1, -0.05) is 52.6 Å². The summed E-state index contributed by atoms with van der Waals surface area (Å²) in [5.41, 5.74) is 1.46. The molecule has 17 heavy (non-hydrogen) atoms. The van der Waals surface area contributed by atoms with Crippen LogP contribution in [0.3, 0.4) is 0 Å². The van der Waals surface area contributed by atoms with E-state index in [1.807, 2.05) is 12.1 Å². The molecule has 96 valence electrons. The molecule has 0 radical (unpaired) electrons. The van der Waals surface area contributed by atoms with Gasteiger partial charge < -0.3 is 4.74 Å². The van der Waals surface area contributed by atoms with Gasteiger partial charge in [0.2, 0.25) is 0 Å². The zero-order valence-electron chi connectivity index (χ0n) is 10.9. The van der Waals surface area contributed by atoms with Crippen molar-refractivity contribution in [2.24, 2.45) is 11.3 Å². The Morgan fingerprint density at radius 1 is 1.29 bits per heavy atom. The minimum Gasteiger partial charge on any atom is -0.493 e. The van der Waals surface area contributed by atoms with Gasteiger partial charge in [0.1, 0.15) is 5.75 Å². The zero-order valence-corrected chi connectivity index (χ0v) is 14.1. The minimum absolute atomic E-state index is 0.258. The Kier molecular flexibility index (Phi) is 5.52. The van der Waals surface area contributed by atoms with Crippen LogP contribution in [0.4, 0.5) is 0 Å². The van der Waals surface area contributed by atoms with Crippen molar-refractivity contribution in [2.75, 3.05) is 11.9 Å². The summed E-state index contributed by atoms with van der Waals surface area (Å²) in [5, 5.41) is 0.964. The fourth-order valence-electron chi connectivity index (χ4n) is 1.43. The Bertz CT molecular complexity index is 369. The molecule has 1 rings (SSSR count). The molecule has 1 aromatic rings. The van der Waals surface area contributed by atoms with E-state index in [-0.39, 0.29) is 5.41 Å². The van der Waals surface area contributed by atoms with E-state index >= 15 is 0 Å². The maximum Gasteiger partial charge on any atom is 0.119 e. The lowest BCUT2D eigenvalue weighted by Gasteiger charge is -2.29. The molecule has 0 N–H and O–H groups in total. The first kappa shape index (κ1) is 15.0. The van der Waals surface area contributed by atoms with Gasteiger partial charge in [0, 0.05) is 15.7 Å². The number of rotatable bonds is 4. The second-order valence-corrected chi connectivity index (χ2v) is 6.94. The largest absolute Gasteiger partial charge is 0.493 e. The van der Waals surface area contributed by atoms with Crippen LogP contribution in [0.5, 0.6) is 5.75 Å². The Balaban J connectivity index is 2.63. The van der Waals surface area contributed by atoms with Gasteiger partial charge in [-0.2, -0.15) is 0 Å². The van der Waals surface area contributed by atoms with E-state index in [1.54, 1.807) is 0 Å². The molecule has 1 nitrogen and oxygen atoms in total. The maximum atomic E-state index is 5.87. The van der Waals surface area contributed by atoms with E-state index in [0.717, 1.165) is 22.2 Å². The Hall–Kier alpha value is -0.0200. The molecule has 0 saturated carbocycles. The number of hydrogen-bond acceptors (Lipinski definition) is 1. The smallest absolute Gasteiger partial charge is 0.119 e.